The van der Waals surface area contributed by atoms with E-state index in [2.05, 4.69) is 39.5 Å². The number of hydrogen-bond donors (Lipinski definition) is 1. The Morgan fingerprint density at radius 1 is 1.08 bits per heavy atom. The smallest absolute Gasteiger partial charge is 0.117 e. The Morgan fingerprint density at radius 2 is 1.88 bits per heavy atom. The Labute approximate surface area is 143 Å². The molecule has 24 heavy (non-hydrogen) atoms. The van der Waals surface area contributed by atoms with Crippen LogP contribution in [0.15, 0.2) is 30.3 Å². The monoisotopic (exact) mass is 329 g/mol. The third-order valence-electron chi connectivity index (χ3n) is 4.20. The maximum atomic E-state index is 5.38. The van der Waals surface area contributed by atoms with Crippen molar-refractivity contribution in [3.63, 3.8) is 0 Å². The largest absolute Gasteiger partial charge is 0.379 e. The zero-order valence-electron chi connectivity index (χ0n) is 14.4. The van der Waals surface area contributed by atoms with Crippen molar-refractivity contribution < 1.29 is 4.74 Å². The van der Waals surface area contributed by atoms with Gasteiger partial charge in [0, 0.05) is 38.3 Å². The molecule has 0 amide bonds. The molecule has 1 aromatic heterocycles. The summed E-state index contributed by atoms with van der Waals surface area (Å²) < 4.78 is 5.38. The molecular formula is C18H27N5O. The Hall–Kier alpha value is -1.76. The lowest BCUT2D eigenvalue weighted by Gasteiger charge is -2.26. The molecule has 0 saturated carbocycles. The second kappa shape index (κ2) is 8.92. The predicted molar refractivity (Wildman–Crippen MR) is 94.7 cm³/mol. The second-order valence-electron chi connectivity index (χ2n) is 6.09. The third-order valence-corrected chi connectivity index (χ3v) is 4.20. The summed E-state index contributed by atoms with van der Waals surface area (Å²) in [5, 5.41) is 12.9. The molecule has 0 atom stereocenters. The van der Waals surface area contributed by atoms with E-state index in [0.29, 0.717) is 0 Å². The minimum Gasteiger partial charge on any atom is -0.379 e. The van der Waals surface area contributed by atoms with Crippen LogP contribution in [0.2, 0.25) is 0 Å². The number of nitrogens with zero attached hydrogens (tertiary/aromatic N) is 4. The van der Waals surface area contributed by atoms with Crippen LogP contribution >= 0.6 is 0 Å². The number of hydrogen-bond acceptors (Lipinski definition) is 5. The van der Waals surface area contributed by atoms with Gasteiger partial charge in [-0.15, -0.1) is 0 Å². The van der Waals surface area contributed by atoms with Gasteiger partial charge in [-0.3, -0.25) is 4.90 Å². The molecule has 0 aliphatic carbocycles. The van der Waals surface area contributed by atoms with Crippen LogP contribution in [0.4, 0.5) is 0 Å². The molecule has 6 heteroatoms. The van der Waals surface area contributed by atoms with E-state index in [1.54, 1.807) is 0 Å². The van der Waals surface area contributed by atoms with Crippen molar-refractivity contribution >= 4 is 0 Å². The van der Waals surface area contributed by atoms with Crippen LogP contribution in [0, 0.1) is 0 Å². The average molecular weight is 329 g/mol. The van der Waals surface area contributed by atoms with E-state index in [1.807, 2.05) is 23.0 Å². The second-order valence-corrected chi connectivity index (χ2v) is 6.09. The van der Waals surface area contributed by atoms with Crippen molar-refractivity contribution in [1.29, 1.82) is 0 Å². The van der Waals surface area contributed by atoms with Gasteiger partial charge in [-0.1, -0.05) is 37.3 Å². The summed E-state index contributed by atoms with van der Waals surface area (Å²) in [6.45, 7) is 9.51. The molecule has 0 radical (unpaired) electrons. The third kappa shape index (κ3) is 4.63. The van der Waals surface area contributed by atoms with E-state index in [9.17, 15) is 0 Å². The molecule has 0 unspecified atom stereocenters. The van der Waals surface area contributed by atoms with Crippen LogP contribution in [0.3, 0.4) is 0 Å². The molecule has 2 heterocycles. The summed E-state index contributed by atoms with van der Waals surface area (Å²) in [7, 11) is 0. The zero-order chi connectivity index (χ0) is 16.6. The van der Waals surface area contributed by atoms with Crippen molar-refractivity contribution in [3.8, 4) is 11.3 Å². The summed E-state index contributed by atoms with van der Waals surface area (Å²) in [5.74, 6) is 0. The molecule has 6 nitrogen and oxygen atoms in total. The fourth-order valence-corrected chi connectivity index (χ4v) is 2.89. The van der Waals surface area contributed by atoms with E-state index in [-0.39, 0.29) is 0 Å². The van der Waals surface area contributed by atoms with Crippen LogP contribution in [-0.4, -0.2) is 59.3 Å². The fourth-order valence-electron chi connectivity index (χ4n) is 2.89. The molecule has 1 aliphatic rings. The van der Waals surface area contributed by atoms with E-state index < -0.39 is 0 Å². The van der Waals surface area contributed by atoms with Crippen molar-refractivity contribution in [2.45, 2.75) is 26.4 Å². The standard InChI is InChI=1S/C18H27N5O/c1-2-9-23-20-17(18(21-23)16-6-4-3-5-7-16)15-19-8-10-22-11-13-24-14-12-22/h3-7,19H,2,8-15H2,1H3. The van der Waals surface area contributed by atoms with Crippen LogP contribution in [0.25, 0.3) is 11.3 Å². The van der Waals surface area contributed by atoms with Crippen LogP contribution in [-0.2, 0) is 17.8 Å². The highest BCUT2D eigenvalue weighted by Gasteiger charge is 2.13. The van der Waals surface area contributed by atoms with Gasteiger partial charge in [0.05, 0.1) is 19.8 Å². The summed E-state index contributed by atoms with van der Waals surface area (Å²) >= 11 is 0. The first-order valence-electron chi connectivity index (χ1n) is 8.87. The number of benzene rings is 1. The van der Waals surface area contributed by atoms with Gasteiger partial charge >= 0.3 is 0 Å². The summed E-state index contributed by atoms with van der Waals surface area (Å²) in [4.78, 5) is 4.25. The molecule has 1 saturated heterocycles. The molecule has 1 fully saturated rings. The van der Waals surface area contributed by atoms with Crippen molar-refractivity contribution in [2.75, 3.05) is 39.4 Å². The predicted octanol–water partition coefficient (Wildman–Crippen LogP) is 1.78. The fraction of sp³-hybridized carbons (Fsp3) is 0.556. The highest BCUT2D eigenvalue weighted by molar-refractivity contribution is 5.60. The van der Waals surface area contributed by atoms with Crippen molar-refractivity contribution in [2.24, 2.45) is 0 Å². The average Bonchev–Trinajstić information content (AvgIpc) is 3.03. The van der Waals surface area contributed by atoms with Crippen LogP contribution < -0.4 is 5.32 Å². The summed E-state index contributed by atoms with van der Waals surface area (Å²) in [6.07, 6.45) is 1.03. The molecule has 0 spiro atoms. The van der Waals surface area contributed by atoms with Gasteiger partial charge in [-0.2, -0.15) is 15.0 Å². The maximum Gasteiger partial charge on any atom is 0.117 e. The highest BCUT2D eigenvalue weighted by atomic mass is 16.5. The summed E-state index contributed by atoms with van der Waals surface area (Å²) in [6, 6.07) is 10.3. The topological polar surface area (TPSA) is 55.2 Å². The lowest BCUT2D eigenvalue weighted by Crippen LogP contribution is -2.40. The lowest BCUT2D eigenvalue weighted by atomic mass is 10.1. The molecule has 3 rings (SSSR count). The van der Waals surface area contributed by atoms with Gasteiger partial charge in [0.15, 0.2) is 0 Å². The molecule has 2 aromatic rings. The van der Waals surface area contributed by atoms with E-state index >= 15 is 0 Å². The van der Waals surface area contributed by atoms with Crippen LogP contribution in [0.5, 0.6) is 0 Å². The van der Waals surface area contributed by atoms with E-state index in [0.717, 1.165) is 75.9 Å². The minimum atomic E-state index is 0.748. The number of morpholine rings is 1. The van der Waals surface area contributed by atoms with E-state index in [4.69, 9.17) is 4.74 Å². The highest BCUT2D eigenvalue weighted by Crippen LogP contribution is 2.19. The number of ether oxygens (including phenoxy) is 1. The molecule has 1 aromatic carbocycles. The first kappa shape index (κ1) is 17.1. The maximum absolute atomic E-state index is 5.38. The lowest BCUT2D eigenvalue weighted by molar-refractivity contribution is 0.0384. The number of aromatic nitrogens is 3. The first-order valence-corrected chi connectivity index (χ1v) is 8.87. The Bertz CT molecular complexity index is 607. The summed E-state index contributed by atoms with van der Waals surface area (Å²) in [5.41, 5.74) is 3.14. The van der Waals surface area contributed by atoms with Gasteiger partial charge in [0.2, 0.25) is 0 Å². The zero-order valence-corrected chi connectivity index (χ0v) is 14.4. The number of aryl methyl sites for hydroxylation is 1. The molecule has 0 bridgehead atoms. The van der Waals surface area contributed by atoms with Crippen molar-refractivity contribution in [3.05, 3.63) is 36.0 Å². The Balaban J connectivity index is 1.59. The quantitative estimate of drug-likeness (QED) is 0.748. The van der Waals surface area contributed by atoms with Gasteiger partial charge in [-0.25, -0.2) is 0 Å². The van der Waals surface area contributed by atoms with Gasteiger partial charge in [0.1, 0.15) is 11.4 Å². The van der Waals surface area contributed by atoms with Gasteiger partial charge in [-0.05, 0) is 6.42 Å². The van der Waals surface area contributed by atoms with Crippen LogP contribution in [0.1, 0.15) is 19.0 Å². The Kier molecular flexibility index (Phi) is 6.34. The first-order chi connectivity index (χ1) is 11.9. The molecule has 1 aliphatic heterocycles. The Morgan fingerprint density at radius 3 is 2.62 bits per heavy atom. The van der Waals surface area contributed by atoms with E-state index in [1.165, 1.54) is 0 Å². The van der Waals surface area contributed by atoms with Crippen molar-refractivity contribution in [1.82, 2.24) is 25.2 Å². The molecular weight excluding hydrogens is 302 g/mol. The number of nitrogens with one attached hydrogen (secondary N) is 1. The number of rotatable bonds is 8. The SMILES string of the molecule is CCCn1nc(CNCCN2CCOCC2)c(-c2ccccc2)n1. The minimum absolute atomic E-state index is 0.748. The normalized spacial score (nSPS) is 15.7. The van der Waals surface area contributed by atoms with Gasteiger partial charge < -0.3 is 10.1 Å². The molecule has 1 N–H and O–H groups in total. The molecule has 130 valence electrons. The van der Waals surface area contributed by atoms with Gasteiger partial charge in [0.25, 0.3) is 0 Å².